The Hall–Kier alpha value is -0.570. The van der Waals surface area contributed by atoms with Crippen LogP contribution in [-0.2, 0) is 9.53 Å². The number of methoxy groups -OCH3 is 1. The maximum Gasteiger partial charge on any atom is 0.323 e. The van der Waals surface area contributed by atoms with Gasteiger partial charge in [-0.1, -0.05) is 34.6 Å². The molecule has 0 spiro atoms. The zero-order valence-corrected chi connectivity index (χ0v) is 12.0. The van der Waals surface area contributed by atoms with Gasteiger partial charge in [0.05, 0.1) is 7.11 Å². The second-order valence-corrected chi connectivity index (χ2v) is 6.62. The van der Waals surface area contributed by atoms with Crippen LogP contribution >= 0.6 is 0 Å². The fourth-order valence-corrected chi connectivity index (χ4v) is 2.80. The molecule has 0 aromatic rings. The Kier molecular flexibility index (Phi) is 4.99. The summed E-state index contributed by atoms with van der Waals surface area (Å²) in [6.45, 7) is 10.8. The van der Waals surface area contributed by atoms with Crippen molar-refractivity contribution in [1.29, 1.82) is 0 Å². The lowest BCUT2D eigenvalue weighted by Crippen LogP contribution is -2.48. The lowest BCUT2D eigenvalue weighted by molar-refractivity contribution is -0.151. The monoisotopic (exact) mass is 229 g/mol. The van der Waals surface area contributed by atoms with E-state index >= 15 is 0 Å². The first-order valence-electron chi connectivity index (χ1n) is 5.75. The van der Waals surface area contributed by atoms with E-state index in [0.29, 0.717) is 0 Å². The molecule has 0 saturated carbocycles. The highest BCUT2D eigenvalue weighted by atomic mass is 16.5. The molecule has 0 radical (unpaired) electrons. The standard InChI is InChI=1S/C13H27NO2/c1-12(2,3)9-13(4,5)10(14(6)7)11(15)16-8/h10H,9H2,1-8H3. The van der Waals surface area contributed by atoms with Crippen molar-refractivity contribution in [2.24, 2.45) is 10.8 Å². The molecule has 16 heavy (non-hydrogen) atoms. The fourth-order valence-electron chi connectivity index (χ4n) is 2.80. The first-order chi connectivity index (χ1) is 7.01. The van der Waals surface area contributed by atoms with Gasteiger partial charge in [0.2, 0.25) is 0 Å². The van der Waals surface area contributed by atoms with Crippen molar-refractivity contribution < 1.29 is 9.53 Å². The number of likely N-dealkylation sites (N-methyl/N-ethyl adjacent to an activating group) is 1. The quantitative estimate of drug-likeness (QED) is 0.694. The summed E-state index contributed by atoms with van der Waals surface area (Å²) in [4.78, 5) is 13.8. The van der Waals surface area contributed by atoms with Gasteiger partial charge in [0.15, 0.2) is 0 Å². The van der Waals surface area contributed by atoms with Crippen LogP contribution in [0.4, 0.5) is 0 Å². The number of rotatable bonds is 4. The highest BCUT2D eigenvalue weighted by Gasteiger charge is 2.40. The summed E-state index contributed by atoms with van der Waals surface area (Å²) >= 11 is 0. The molecular weight excluding hydrogens is 202 g/mol. The molecule has 1 unspecified atom stereocenters. The van der Waals surface area contributed by atoms with Crippen LogP contribution in [0.3, 0.4) is 0 Å². The number of carbonyl (C=O) groups is 1. The summed E-state index contributed by atoms with van der Waals surface area (Å²) in [5.41, 5.74) is 0.0978. The number of nitrogens with zero attached hydrogens (tertiary/aromatic N) is 1. The normalized spacial score (nSPS) is 15.1. The predicted molar refractivity (Wildman–Crippen MR) is 67.3 cm³/mol. The van der Waals surface area contributed by atoms with Crippen molar-refractivity contribution in [3.8, 4) is 0 Å². The van der Waals surface area contributed by atoms with Gasteiger partial charge in [-0.3, -0.25) is 9.69 Å². The molecule has 0 saturated heterocycles. The molecule has 3 nitrogen and oxygen atoms in total. The van der Waals surface area contributed by atoms with E-state index in [-0.39, 0.29) is 22.8 Å². The van der Waals surface area contributed by atoms with Crippen molar-refractivity contribution in [2.75, 3.05) is 21.2 Å². The molecule has 0 bridgehead atoms. The Bertz CT molecular complexity index is 239. The maximum absolute atomic E-state index is 11.8. The minimum atomic E-state index is -0.197. The van der Waals surface area contributed by atoms with Crippen LogP contribution in [0.2, 0.25) is 0 Å². The fraction of sp³-hybridized carbons (Fsp3) is 0.923. The summed E-state index contributed by atoms with van der Waals surface area (Å²) in [6, 6.07) is -0.197. The van der Waals surface area contributed by atoms with Gasteiger partial charge in [-0.25, -0.2) is 0 Å². The van der Waals surface area contributed by atoms with Gasteiger partial charge in [0.1, 0.15) is 6.04 Å². The van der Waals surface area contributed by atoms with Gasteiger partial charge in [-0.15, -0.1) is 0 Å². The molecule has 3 heteroatoms. The van der Waals surface area contributed by atoms with Gasteiger partial charge < -0.3 is 4.74 Å². The molecule has 0 N–H and O–H groups in total. The first-order valence-corrected chi connectivity index (χ1v) is 5.75. The van der Waals surface area contributed by atoms with Crippen molar-refractivity contribution in [1.82, 2.24) is 4.90 Å². The minimum Gasteiger partial charge on any atom is -0.468 e. The molecule has 0 aliphatic heterocycles. The van der Waals surface area contributed by atoms with Crippen LogP contribution in [0.15, 0.2) is 0 Å². The zero-order valence-electron chi connectivity index (χ0n) is 12.0. The molecule has 0 amide bonds. The van der Waals surface area contributed by atoms with Crippen LogP contribution in [0.5, 0.6) is 0 Å². The van der Waals surface area contributed by atoms with Crippen LogP contribution in [-0.4, -0.2) is 38.1 Å². The van der Waals surface area contributed by atoms with E-state index < -0.39 is 0 Å². The van der Waals surface area contributed by atoms with Gasteiger partial charge >= 0.3 is 5.97 Å². The molecule has 1 atom stereocenters. The Balaban J connectivity index is 4.97. The highest BCUT2D eigenvalue weighted by Crippen LogP contribution is 2.37. The van der Waals surface area contributed by atoms with E-state index in [1.807, 2.05) is 19.0 Å². The molecule has 0 fully saturated rings. The summed E-state index contributed by atoms with van der Waals surface area (Å²) in [7, 11) is 5.30. The third-order valence-corrected chi connectivity index (χ3v) is 2.67. The van der Waals surface area contributed by atoms with Gasteiger partial charge in [0, 0.05) is 0 Å². The van der Waals surface area contributed by atoms with Crippen molar-refractivity contribution >= 4 is 5.97 Å². The van der Waals surface area contributed by atoms with Crippen LogP contribution in [0.25, 0.3) is 0 Å². The van der Waals surface area contributed by atoms with Crippen molar-refractivity contribution in [3.05, 3.63) is 0 Å². The average Bonchev–Trinajstić information content (AvgIpc) is 1.97. The van der Waals surface area contributed by atoms with E-state index in [0.717, 1.165) is 6.42 Å². The van der Waals surface area contributed by atoms with Gasteiger partial charge in [0.25, 0.3) is 0 Å². The highest BCUT2D eigenvalue weighted by molar-refractivity contribution is 5.76. The van der Waals surface area contributed by atoms with Crippen molar-refractivity contribution in [3.63, 3.8) is 0 Å². The van der Waals surface area contributed by atoms with Crippen LogP contribution < -0.4 is 0 Å². The lowest BCUT2D eigenvalue weighted by atomic mass is 9.71. The second-order valence-electron chi connectivity index (χ2n) is 6.62. The topological polar surface area (TPSA) is 29.5 Å². The third kappa shape index (κ3) is 4.52. The number of carbonyl (C=O) groups excluding carboxylic acids is 1. The Morgan fingerprint density at radius 2 is 1.62 bits per heavy atom. The van der Waals surface area contributed by atoms with E-state index in [2.05, 4.69) is 34.6 Å². The zero-order chi connectivity index (χ0) is 13.1. The molecule has 0 heterocycles. The van der Waals surface area contributed by atoms with Crippen molar-refractivity contribution in [2.45, 2.75) is 47.1 Å². The largest absolute Gasteiger partial charge is 0.468 e. The smallest absolute Gasteiger partial charge is 0.323 e. The Morgan fingerprint density at radius 1 is 1.19 bits per heavy atom. The van der Waals surface area contributed by atoms with E-state index in [9.17, 15) is 4.79 Å². The van der Waals surface area contributed by atoms with E-state index in [1.54, 1.807) is 0 Å². The Labute approximate surface area is 100 Å². The first kappa shape index (κ1) is 15.4. The number of hydrogen-bond donors (Lipinski definition) is 0. The number of esters is 1. The maximum atomic E-state index is 11.8. The predicted octanol–water partition coefficient (Wildman–Crippen LogP) is 2.55. The SMILES string of the molecule is COC(=O)C(N(C)C)C(C)(C)CC(C)(C)C. The summed E-state index contributed by atoms with van der Waals surface area (Å²) in [5, 5.41) is 0. The Morgan fingerprint density at radius 3 is 1.88 bits per heavy atom. The molecule has 96 valence electrons. The number of hydrogen-bond acceptors (Lipinski definition) is 3. The molecule has 0 rings (SSSR count). The minimum absolute atomic E-state index is 0.102. The summed E-state index contributed by atoms with van der Waals surface area (Å²) in [5.74, 6) is -0.153. The van der Waals surface area contributed by atoms with E-state index in [4.69, 9.17) is 4.74 Å². The molecule has 0 aromatic heterocycles. The molecule has 0 aliphatic rings. The van der Waals surface area contributed by atoms with Gasteiger partial charge in [-0.05, 0) is 31.3 Å². The van der Waals surface area contributed by atoms with E-state index in [1.165, 1.54) is 7.11 Å². The number of ether oxygens (including phenoxy) is 1. The lowest BCUT2D eigenvalue weighted by Gasteiger charge is -2.40. The summed E-state index contributed by atoms with van der Waals surface area (Å²) in [6.07, 6.45) is 0.970. The average molecular weight is 229 g/mol. The molecule has 0 aliphatic carbocycles. The summed E-state index contributed by atoms with van der Waals surface area (Å²) < 4.78 is 4.89. The third-order valence-electron chi connectivity index (χ3n) is 2.67. The second kappa shape index (κ2) is 5.17. The van der Waals surface area contributed by atoms with Gasteiger partial charge in [-0.2, -0.15) is 0 Å². The van der Waals surface area contributed by atoms with Crippen LogP contribution in [0.1, 0.15) is 41.0 Å². The molecule has 0 aromatic carbocycles. The molecular formula is C13H27NO2. The van der Waals surface area contributed by atoms with Crippen LogP contribution in [0, 0.1) is 10.8 Å².